The largest absolute Gasteiger partial charge is 0.307 e. The van der Waals surface area contributed by atoms with Crippen LogP contribution in [0.15, 0.2) is 30.3 Å². The third-order valence-electron chi connectivity index (χ3n) is 3.65. The molecule has 0 saturated carbocycles. The summed E-state index contributed by atoms with van der Waals surface area (Å²) >= 11 is 0. The number of hydrogen-bond acceptors (Lipinski definition) is 4. The molecule has 2 rings (SSSR count). The normalized spacial score (nSPS) is 20.8. The number of anilines is 1. The van der Waals surface area contributed by atoms with Crippen molar-refractivity contribution in [2.45, 2.75) is 38.8 Å². The molecule has 1 aromatic carbocycles. The summed E-state index contributed by atoms with van der Waals surface area (Å²) in [6.07, 6.45) is 0.498. The van der Waals surface area contributed by atoms with E-state index in [4.69, 9.17) is 0 Å². The van der Waals surface area contributed by atoms with E-state index >= 15 is 0 Å². The molecule has 0 bridgehead atoms. The van der Waals surface area contributed by atoms with Crippen LogP contribution in [0, 0.1) is 0 Å². The molecule has 0 radical (unpaired) electrons. The van der Waals surface area contributed by atoms with Gasteiger partial charge in [0.2, 0.25) is 5.91 Å². The Labute approximate surface area is 132 Å². The van der Waals surface area contributed by atoms with E-state index in [1.807, 2.05) is 51.1 Å². The molecule has 1 atom stereocenters. The Bertz CT molecular complexity index is 621. The molecule has 1 amide bonds. The summed E-state index contributed by atoms with van der Waals surface area (Å²) in [6.45, 7) is 6.17. The summed E-state index contributed by atoms with van der Waals surface area (Å²) in [5, 5.41) is 3.18. The van der Waals surface area contributed by atoms with Crippen molar-refractivity contribution in [3.05, 3.63) is 30.3 Å². The molecule has 1 saturated heterocycles. The average molecular weight is 324 g/mol. The second kappa shape index (κ2) is 6.38. The minimum Gasteiger partial charge on any atom is -0.307 e. The van der Waals surface area contributed by atoms with Crippen LogP contribution in [0.1, 0.15) is 27.2 Å². The number of para-hydroxylation sites is 1. The second-order valence-corrected chi connectivity index (χ2v) is 8.99. The lowest BCUT2D eigenvalue weighted by Gasteiger charge is -2.30. The maximum atomic E-state index is 12.7. The van der Waals surface area contributed by atoms with Crippen LogP contribution in [-0.4, -0.2) is 44.0 Å². The van der Waals surface area contributed by atoms with Gasteiger partial charge in [0, 0.05) is 11.2 Å². The first-order valence-electron chi connectivity index (χ1n) is 7.50. The minimum atomic E-state index is -3.04. The molecule has 1 fully saturated rings. The van der Waals surface area contributed by atoms with Crippen molar-refractivity contribution in [2.24, 2.45) is 0 Å². The lowest BCUT2D eigenvalue weighted by molar-refractivity contribution is -0.118. The predicted molar refractivity (Wildman–Crippen MR) is 88.7 cm³/mol. The average Bonchev–Trinajstić information content (AvgIpc) is 2.77. The zero-order valence-corrected chi connectivity index (χ0v) is 14.2. The Morgan fingerprint density at radius 3 is 2.41 bits per heavy atom. The van der Waals surface area contributed by atoms with Gasteiger partial charge in [0.15, 0.2) is 9.84 Å². The van der Waals surface area contributed by atoms with E-state index in [9.17, 15) is 13.2 Å². The lowest BCUT2D eigenvalue weighted by Crippen LogP contribution is -2.49. The third kappa shape index (κ3) is 4.55. The summed E-state index contributed by atoms with van der Waals surface area (Å²) in [5.74, 6) is 0.104. The van der Waals surface area contributed by atoms with Gasteiger partial charge < -0.3 is 10.2 Å². The maximum Gasteiger partial charge on any atom is 0.241 e. The van der Waals surface area contributed by atoms with E-state index in [2.05, 4.69) is 5.32 Å². The van der Waals surface area contributed by atoms with Crippen LogP contribution in [0.25, 0.3) is 0 Å². The zero-order chi connectivity index (χ0) is 16.4. The Kier molecular flexibility index (Phi) is 4.92. The molecule has 6 heteroatoms. The fourth-order valence-corrected chi connectivity index (χ4v) is 4.25. The quantitative estimate of drug-likeness (QED) is 0.913. The second-order valence-electron chi connectivity index (χ2n) is 6.76. The number of sulfone groups is 1. The van der Waals surface area contributed by atoms with Crippen LogP contribution in [0.3, 0.4) is 0 Å². The molecular formula is C16H24N2O3S. The van der Waals surface area contributed by atoms with Crippen LogP contribution in [0.5, 0.6) is 0 Å². The highest BCUT2D eigenvalue weighted by atomic mass is 32.2. The Hall–Kier alpha value is -1.40. The number of benzene rings is 1. The van der Waals surface area contributed by atoms with Crippen molar-refractivity contribution in [3.63, 3.8) is 0 Å². The number of carbonyl (C=O) groups excluding carboxylic acids is 1. The summed E-state index contributed by atoms with van der Waals surface area (Å²) < 4.78 is 23.5. The van der Waals surface area contributed by atoms with Gasteiger partial charge in [-0.05, 0) is 39.3 Å². The van der Waals surface area contributed by atoms with Crippen molar-refractivity contribution in [2.75, 3.05) is 23.0 Å². The van der Waals surface area contributed by atoms with Crippen LogP contribution >= 0.6 is 0 Å². The van der Waals surface area contributed by atoms with E-state index in [1.54, 1.807) is 4.90 Å². The Balaban J connectivity index is 2.21. The highest BCUT2D eigenvalue weighted by Gasteiger charge is 2.35. The molecule has 1 aliphatic rings. The summed E-state index contributed by atoms with van der Waals surface area (Å²) in [4.78, 5) is 14.3. The zero-order valence-electron chi connectivity index (χ0n) is 13.4. The van der Waals surface area contributed by atoms with Crippen LogP contribution < -0.4 is 10.2 Å². The van der Waals surface area contributed by atoms with Crippen molar-refractivity contribution in [1.29, 1.82) is 0 Å². The fraction of sp³-hybridized carbons (Fsp3) is 0.562. The van der Waals surface area contributed by atoms with Gasteiger partial charge in [-0.1, -0.05) is 18.2 Å². The van der Waals surface area contributed by atoms with Gasteiger partial charge in [-0.15, -0.1) is 0 Å². The number of rotatable bonds is 4. The van der Waals surface area contributed by atoms with Gasteiger partial charge in [-0.25, -0.2) is 8.42 Å². The van der Waals surface area contributed by atoms with Gasteiger partial charge in [0.05, 0.1) is 24.1 Å². The number of nitrogens with one attached hydrogen (secondary N) is 1. The summed E-state index contributed by atoms with van der Waals surface area (Å²) in [6, 6.07) is 9.01. The van der Waals surface area contributed by atoms with E-state index in [1.165, 1.54) is 0 Å². The predicted octanol–water partition coefficient (Wildman–Crippen LogP) is 1.59. The van der Waals surface area contributed by atoms with Crippen LogP contribution in [0.2, 0.25) is 0 Å². The highest BCUT2D eigenvalue weighted by Crippen LogP contribution is 2.24. The van der Waals surface area contributed by atoms with Crippen LogP contribution in [0.4, 0.5) is 5.69 Å². The molecule has 1 heterocycles. The fourth-order valence-electron chi connectivity index (χ4n) is 2.55. The van der Waals surface area contributed by atoms with Crippen molar-refractivity contribution in [3.8, 4) is 0 Å². The standard InChI is InChI=1S/C16H24N2O3S/c1-16(2,3)17-11-15(19)18(13-7-5-4-6-8-13)14-9-10-22(20,21)12-14/h4-8,14,17H,9-12H2,1-3H3. The molecule has 1 aromatic rings. The minimum absolute atomic E-state index is 0.0448. The number of carbonyl (C=O) groups is 1. The van der Waals surface area contributed by atoms with Crippen LogP contribution in [-0.2, 0) is 14.6 Å². The first-order valence-corrected chi connectivity index (χ1v) is 9.33. The molecule has 5 nitrogen and oxygen atoms in total. The van der Waals surface area contributed by atoms with Crippen molar-refractivity contribution < 1.29 is 13.2 Å². The van der Waals surface area contributed by atoms with Gasteiger partial charge in [0.25, 0.3) is 0 Å². The Morgan fingerprint density at radius 1 is 1.27 bits per heavy atom. The molecule has 22 heavy (non-hydrogen) atoms. The lowest BCUT2D eigenvalue weighted by atomic mass is 10.1. The van der Waals surface area contributed by atoms with E-state index in [0.717, 1.165) is 5.69 Å². The molecule has 1 N–H and O–H groups in total. The van der Waals surface area contributed by atoms with Crippen molar-refractivity contribution in [1.82, 2.24) is 5.32 Å². The number of nitrogens with zero attached hydrogens (tertiary/aromatic N) is 1. The maximum absolute atomic E-state index is 12.7. The van der Waals surface area contributed by atoms with Gasteiger partial charge in [-0.2, -0.15) is 0 Å². The van der Waals surface area contributed by atoms with Gasteiger partial charge in [0.1, 0.15) is 0 Å². The molecular weight excluding hydrogens is 300 g/mol. The first kappa shape index (κ1) is 17.0. The van der Waals surface area contributed by atoms with Gasteiger partial charge in [-0.3, -0.25) is 4.79 Å². The molecule has 0 spiro atoms. The van der Waals surface area contributed by atoms with Gasteiger partial charge >= 0.3 is 0 Å². The molecule has 0 aromatic heterocycles. The number of amides is 1. The summed E-state index contributed by atoms with van der Waals surface area (Å²) in [7, 11) is -3.04. The topological polar surface area (TPSA) is 66.5 Å². The van der Waals surface area contributed by atoms with E-state index in [0.29, 0.717) is 6.42 Å². The highest BCUT2D eigenvalue weighted by molar-refractivity contribution is 7.91. The van der Waals surface area contributed by atoms with E-state index < -0.39 is 9.84 Å². The third-order valence-corrected chi connectivity index (χ3v) is 5.40. The molecule has 0 aliphatic carbocycles. The smallest absolute Gasteiger partial charge is 0.241 e. The van der Waals surface area contributed by atoms with Crippen molar-refractivity contribution >= 4 is 21.4 Å². The van der Waals surface area contributed by atoms with E-state index in [-0.39, 0.29) is 35.5 Å². The molecule has 1 unspecified atom stereocenters. The molecule has 1 aliphatic heterocycles. The summed E-state index contributed by atoms with van der Waals surface area (Å²) in [5.41, 5.74) is 0.588. The SMILES string of the molecule is CC(C)(C)NCC(=O)N(c1ccccc1)C1CCS(=O)(=O)C1. The number of hydrogen-bond donors (Lipinski definition) is 1. The first-order chi connectivity index (χ1) is 10.2. The molecule has 122 valence electrons. The Morgan fingerprint density at radius 2 is 1.91 bits per heavy atom. The monoisotopic (exact) mass is 324 g/mol.